The van der Waals surface area contributed by atoms with E-state index in [2.05, 4.69) is 19.9 Å². The van der Waals surface area contributed by atoms with Crippen molar-refractivity contribution in [1.82, 2.24) is 15.0 Å². The summed E-state index contributed by atoms with van der Waals surface area (Å²) in [7, 11) is 0. The smallest absolute Gasteiger partial charge is 0.141 e. The number of ether oxygens (including phenoxy) is 1. The molecule has 0 amide bonds. The molecule has 17 heavy (non-hydrogen) atoms. The molecule has 0 atom stereocenters. The van der Waals surface area contributed by atoms with Crippen LogP contribution in [0, 0.1) is 0 Å². The average molecular weight is 230 g/mol. The fourth-order valence-corrected chi connectivity index (χ4v) is 2.10. The summed E-state index contributed by atoms with van der Waals surface area (Å²) in [5.41, 5.74) is 0.940. The van der Waals surface area contributed by atoms with Crippen LogP contribution in [0.5, 0.6) is 0 Å². The van der Waals surface area contributed by atoms with Gasteiger partial charge in [0.1, 0.15) is 12.1 Å². The summed E-state index contributed by atoms with van der Waals surface area (Å²) >= 11 is 0. The largest absolute Gasteiger partial charge is 0.380 e. The molecular weight excluding hydrogens is 216 g/mol. The van der Waals surface area contributed by atoms with Crippen molar-refractivity contribution in [3.05, 3.63) is 24.8 Å². The van der Waals surface area contributed by atoms with Gasteiger partial charge in [-0.25, -0.2) is 9.97 Å². The van der Waals surface area contributed by atoms with E-state index in [1.54, 1.807) is 12.5 Å². The molecule has 3 heterocycles. The van der Waals surface area contributed by atoms with Gasteiger partial charge in [0.15, 0.2) is 0 Å². The van der Waals surface area contributed by atoms with Gasteiger partial charge in [0.05, 0.1) is 17.5 Å². The van der Waals surface area contributed by atoms with Gasteiger partial charge in [-0.05, 0) is 12.5 Å². The van der Waals surface area contributed by atoms with Crippen LogP contribution in [0.4, 0.5) is 5.82 Å². The first-order valence-electron chi connectivity index (χ1n) is 5.82. The van der Waals surface area contributed by atoms with Crippen LogP contribution in [0.1, 0.15) is 6.42 Å². The molecule has 0 aromatic carbocycles. The minimum atomic E-state index is 0.756. The Bertz CT molecular complexity index is 503. The lowest BCUT2D eigenvalue weighted by Gasteiger charge is -2.21. The van der Waals surface area contributed by atoms with Crippen LogP contribution < -0.4 is 4.90 Å². The van der Waals surface area contributed by atoms with Crippen molar-refractivity contribution < 1.29 is 4.74 Å². The number of anilines is 1. The molecule has 88 valence electrons. The summed E-state index contributed by atoms with van der Waals surface area (Å²) in [6, 6.07) is 1.91. The molecule has 0 radical (unpaired) electrons. The van der Waals surface area contributed by atoms with E-state index in [1.165, 1.54) is 0 Å². The van der Waals surface area contributed by atoms with E-state index >= 15 is 0 Å². The zero-order valence-corrected chi connectivity index (χ0v) is 9.54. The van der Waals surface area contributed by atoms with Crippen molar-refractivity contribution in [1.29, 1.82) is 0 Å². The molecule has 1 saturated heterocycles. The second-order valence-electron chi connectivity index (χ2n) is 4.04. The highest BCUT2D eigenvalue weighted by Crippen LogP contribution is 2.22. The Morgan fingerprint density at radius 2 is 2.18 bits per heavy atom. The predicted octanol–water partition coefficient (Wildman–Crippen LogP) is 1.25. The molecule has 0 N–H and O–H groups in total. The summed E-state index contributed by atoms with van der Waals surface area (Å²) < 4.78 is 5.46. The number of nitrogens with zero attached hydrogens (tertiary/aromatic N) is 4. The number of hydrogen-bond acceptors (Lipinski definition) is 5. The van der Waals surface area contributed by atoms with Gasteiger partial charge in [-0.1, -0.05) is 0 Å². The molecule has 0 aliphatic carbocycles. The number of fused-ring (bicyclic) bond motifs is 1. The molecule has 0 bridgehead atoms. The first-order valence-corrected chi connectivity index (χ1v) is 5.82. The van der Waals surface area contributed by atoms with Crippen molar-refractivity contribution >= 4 is 16.7 Å². The van der Waals surface area contributed by atoms with Crippen LogP contribution in [0.2, 0.25) is 0 Å². The fourth-order valence-electron chi connectivity index (χ4n) is 2.10. The third-order valence-electron chi connectivity index (χ3n) is 2.94. The molecular formula is C12H14N4O. The van der Waals surface area contributed by atoms with Crippen LogP contribution in [-0.2, 0) is 4.74 Å². The van der Waals surface area contributed by atoms with Gasteiger partial charge in [-0.15, -0.1) is 0 Å². The van der Waals surface area contributed by atoms with Crippen molar-refractivity contribution in [2.75, 3.05) is 31.2 Å². The summed E-state index contributed by atoms with van der Waals surface area (Å²) in [4.78, 5) is 15.0. The van der Waals surface area contributed by atoms with Crippen molar-refractivity contribution in [2.24, 2.45) is 0 Å². The first kappa shape index (κ1) is 10.4. The second-order valence-corrected chi connectivity index (χ2v) is 4.04. The lowest BCUT2D eigenvalue weighted by molar-refractivity contribution is 0.152. The Balaban J connectivity index is 2.03. The van der Waals surface area contributed by atoms with Crippen LogP contribution in [0.15, 0.2) is 24.8 Å². The average Bonchev–Trinajstić information content (AvgIpc) is 2.67. The third kappa shape index (κ3) is 2.06. The Labute approximate surface area is 99.5 Å². The number of aromatic nitrogens is 3. The van der Waals surface area contributed by atoms with Gasteiger partial charge in [0, 0.05) is 32.1 Å². The molecule has 1 fully saturated rings. The maximum atomic E-state index is 5.46. The van der Waals surface area contributed by atoms with Gasteiger partial charge >= 0.3 is 0 Å². The van der Waals surface area contributed by atoms with E-state index in [-0.39, 0.29) is 0 Å². The third-order valence-corrected chi connectivity index (χ3v) is 2.94. The van der Waals surface area contributed by atoms with Crippen LogP contribution >= 0.6 is 0 Å². The topological polar surface area (TPSA) is 51.1 Å². The van der Waals surface area contributed by atoms with Crippen LogP contribution in [-0.4, -0.2) is 41.3 Å². The van der Waals surface area contributed by atoms with Gasteiger partial charge in [-0.3, -0.25) is 4.98 Å². The fraction of sp³-hybridized carbons (Fsp3) is 0.417. The molecule has 5 nitrogen and oxygen atoms in total. The molecule has 1 aliphatic rings. The number of rotatable bonds is 1. The molecule has 2 aromatic heterocycles. The van der Waals surface area contributed by atoms with E-state index in [0.717, 1.165) is 49.4 Å². The van der Waals surface area contributed by atoms with Gasteiger partial charge < -0.3 is 9.64 Å². The molecule has 3 rings (SSSR count). The quantitative estimate of drug-likeness (QED) is 0.738. The minimum Gasteiger partial charge on any atom is -0.380 e. The normalized spacial score (nSPS) is 17.1. The Morgan fingerprint density at radius 3 is 3.18 bits per heavy atom. The van der Waals surface area contributed by atoms with Gasteiger partial charge in [0.25, 0.3) is 0 Å². The zero-order valence-electron chi connectivity index (χ0n) is 9.54. The lowest BCUT2D eigenvalue weighted by Crippen LogP contribution is -2.27. The van der Waals surface area contributed by atoms with E-state index in [4.69, 9.17) is 4.74 Å². The molecule has 2 aromatic rings. The summed E-state index contributed by atoms with van der Waals surface area (Å²) in [5, 5.41) is 1.01. The number of pyridine rings is 1. The van der Waals surface area contributed by atoms with Gasteiger partial charge in [-0.2, -0.15) is 0 Å². The lowest BCUT2D eigenvalue weighted by atomic mass is 10.2. The molecule has 5 heteroatoms. The van der Waals surface area contributed by atoms with Crippen LogP contribution in [0.3, 0.4) is 0 Å². The monoisotopic (exact) mass is 230 g/mol. The maximum Gasteiger partial charge on any atom is 0.141 e. The van der Waals surface area contributed by atoms with Gasteiger partial charge in [0.2, 0.25) is 0 Å². The van der Waals surface area contributed by atoms with E-state index in [0.29, 0.717) is 0 Å². The Morgan fingerprint density at radius 1 is 1.18 bits per heavy atom. The van der Waals surface area contributed by atoms with Crippen molar-refractivity contribution in [3.63, 3.8) is 0 Å². The summed E-state index contributed by atoms with van der Waals surface area (Å²) in [6.07, 6.45) is 6.23. The Hall–Kier alpha value is -1.75. The summed E-state index contributed by atoms with van der Waals surface area (Å²) in [6.45, 7) is 3.44. The highest BCUT2D eigenvalue weighted by molar-refractivity contribution is 5.88. The highest BCUT2D eigenvalue weighted by atomic mass is 16.5. The minimum absolute atomic E-state index is 0.756. The second kappa shape index (κ2) is 4.63. The number of hydrogen-bond donors (Lipinski definition) is 0. The molecule has 0 spiro atoms. The van der Waals surface area contributed by atoms with Crippen molar-refractivity contribution in [3.8, 4) is 0 Å². The van der Waals surface area contributed by atoms with E-state index in [9.17, 15) is 0 Å². The molecule has 1 aliphatic heterocycles. The van der Waals surface area contributed by atoms with Crippen LogP contribution in [0.25, 0.3) is 10.9 Å². The highest BCUT2D eigenvalue weighted by Gasteiger charge is 2.14. The Kier molecular flexibility index (Phi) is 2.83. The van der Waals surface area contributed by atoms with E-state index in [1.807, 2.05) is 12.3 Å². The summed E-state index contributed by atoms with van der Waals surface area (Å²) in [5.74, 6) is 0.966. The zero-order chi connectivity index (χ0) is 11.5. The first-order chi connectivity index (χ1) is 8.45. The maximum absolute atomic E-state index is 5.46. The molecule has 0 unspecified atom stereocenters. The van der Waals surface area contributed by atoms with Crippen molar-refractivity contribution in [2.45, 2.75) is 6.42 Å². The SMILES string of the molecule is c1cc2ncnc(N3CCCOCC3)c2cn1. The standard InChI is InChI=1S/C12H14N4O/c1-4-16(5-7-17-6-1)12-10-8-13-3-2-11(10)14-9-15-12/h2-3,8-9H,1,4-7H2. The van der Waals surface area contributed by atoms with E-state index < -0.39 is 0 Å². The molecule has 0 saturated carbocycles. The predicted molar refractivity (Wildman–Crippen MR) is 65.0 cm³/mol.